The number of nitrogens with one attached hydrogen (secondary N) is 1. The predicted molar refractivity (Wildman–Crippen MR) is 79.6 cm³/mol. The molecule has 0 spiro atoms. The molecule has 1 aliphatic heterocycles. The summed E-state index contributed by atoms with van der Waals surface area (Å²) in [5.41, 5.74) is 0.517. The Labute approximate surface area is 132 Å². The molecule has 2 amide bonds. The number of para-hydroxylation sites is 1. The molecule has 1 heterocycles. The van der Waals surface area contributed by atoms with Crippen LogP contribution in [-0.4, -0.2) is 45.8 Å². The molecule has 2 rings (SSSR count). The van der Waals surface area contributed by atoms with E-state index < -0.39 is 24.1 Å². The predicted octanol–water partition coefficient (Wildman–Crippen LogP) is 2.26. The van der Waals surface area contributed by atoms with Crippen molar-refractivity contribution in [3.63, 3.8) is 0 Å². The smallest absolute Gasteiger partial charge is 0.326 e. The summed E-state index contributed by atoms with van der Waals surface area (Å²) in [5.74, 6) is -1.12. The summed E-state index contributed by atoms with van der Waals surface area (Å²) < 4.78 is 1.35. The molecular weight excluding hydrogens is 396 g/mol. The van der Waals surface area contributed by atoms with Gasteiger partial charge in [0.15, 0.2) is 0 Å². The third-order valence-corrected chi connectivity index (χ3v) is 4.34. The van der Waals surface area contributed by atoms with E-state index in [0.29, 0.717) is 14.6 Å². The van der Waals surface area contributed by atoms with Gasteiger partial charge in [-0.1, -0.05) is 6.07 Å². The number of carboxylic acids is 1. The fourth-order valence-electron chi connectivity index (χ4n) is 2.07. The number of aliphatic hydroxyl groups is 1. The number of nitrogens with zero attached hydrogens (tertiary/aromatic N) is 1. The Morgan fingerprint density at radius 3 is 2.45 bits per heavy atom. The number of β-amino-alcohol motifs (C(OH)–C–C–N with tert-alkyl or cyclic N) is 1. The minimum atomic E-state index is -1.12. The maximum absolute atomic E-state index is 12.2. The van der Waals surface area contributed by atoms with Crippen molar-refractivity contribution in [2.24, 2.45) is 0 Å². The molecule has 3 N–H and O–H groups in total. The van der Waals surface area contributed by atoms with Crippen LogP contribution in [0.1, 0.15) is 6.42 Å². The second kappa shape index (κ2) is 6.11. The molecule has 1 aromatic carbocycles. The molecule has 0 aromatic heterocycles. The molecule has 1 aliphatic rings. The Morgan fingerprint density at radius 1 is 1.30 bits per heavy atom. The topological polar surface area (TPSA) is 89.9 Å². The standard InChI is InChI=1S/C12H12Br2N2O4/c13-7-2-1-3-8(14)10(7)15-12(20)16-5-6(17)4-9(16)11(18)19/h1-3,6,9,17H,4-5H2,(H,15,20)(H,18,19). The number of amides is 2. The van der Waals surface area contributed by atoms with Gasteiger partial charge < -0.3 is 20.4 Å². The molecule has 0 aliphatic carbocycles. The Bertz CT molecular complexity index is 532. The Morgan fingerprint density at radius 2 is 1.90 bits per heavy atom. The van der Waals surface area contributed by atoms with Crippen LogP contribution in [0.3, 0.4) is 0 Å². The number of hydrogen-bond donors (Lipinski definition) is 3. The van der Waals surface area contributed by atoms with Crippen molar-refractivity contribution < 1.29 is 19.8 Å². The van der Waals surface area contributed by atoms with Gasteiger partial charge in [0, 0.05) is 21.9 Å². The van der Waals surface area contributed by atoms with E-state index in [9.17, 15) is 14.7 Å². The highest BCUT2D eigenvalue weighted by Gasteiger charge is 2.39. The molecule has 20 heavy (non-hydrogen) atoms. The molecular formula is C12H12Br2N2O4. The number of carboxylic acid groups (broad SMARTS) is 1. The van der Waals surface area contributed by atoms with Gasteiger partial charge in [-0.3, -0.25) is 0 Å². The van der Waals surface area contributed by atoms with E-state index in [2.05, 4.69) is 37.2 Å². The molecule has 1 fully saturated rings. The van der Waals surface area contributed by atoms with Crippen molar-refractivity contribution >= 4 is 49.5 Å². The van der Waals surface area contributed by atoms with Crippen molar-refractivity contribution in [1.82, 2.24) is 4.90 Å². The highest BCUT2D eigenvalue weighted by Crippen LogP contribution is 2.31. The van der Waals surface area contributed by atoms with Crippen molar-refractivity contribution in [2.75, 3.05) is 11.9 Å². The zero-order chi connectivity index (χ0) is 14.9. The highest BCUT2D eigenvalue weighted by molar-refractivity contribution is 9.11. The first-order valence-electron chi connectivity index (χ1n) is 5.82. The van der Waals surface area contributed by atoms with Gasteiger partial charge in [-0.15, -0.1) is 0 Å². The van der Waals surface area contributed by atoms with E-state index in [4.69, 9.17) is 5.11 Å². The summed E-state index contributed by atoms with van der Waals surface area (Å²) in [6.07, 6.45) is -0.774. The van der Waals surface area contributed by atoms with Crippen molar-refractivity contribution in [3.8, 4) is 0 Å². The first-order valence-corrected chi connectivity index (χ1v) is 7.41. The van der Waals surface area contributed by atoms with Gasteiger partial charge in [0.25, 0.3) is 0 Å². The minimum absolute atomic E-state index is 0.00483. The quantitative estimate of drug-likeness (QED) is 0.701. The lowest BCUT2D eigenvalue weighted by Crippen LogP contribution is -2.43. The van der Waals surface area contributed by atoms with Crippen LogP contribution >= 0.6 is 31.9 Å². The summed E-state index contributed by atoms with van der Waals surface area (Å²) in [4.78, 5) is 24.4. The third kappa shape index (κ3) is 3.13. The normalized spacial score (nSPS) is 21.9. The van der Waals surface area contributed by atoms with Crippen LogP contribution in [0.4, 0.5) is 10.5 Å². The lowest BCUT2D eigenvalue weighted by Gasteiger charge is -2.22. The maximum Gasteiger partial charge on any atom is 0.326 e. The van der Waals surface area contributed by atoms with Gasteiger partial charge >= 0.3 is 12.0 Å². The van der Waals surface area contributed by atoms with E-state index in [1.54, 1.807) is 18.2 Å². The van der Waals surface area contributed by atoms with Crippen LogP contribution in [0, 0.1) is 0 Å². The summed E-state index contributed by atoms with van der Waals surface area (Å²) in [6.45, 7) is 0.00483. The molecule has 1 aromatic rings. The fourth-order valence-corrected chi connectivity index (χ4v) is 3.27. The number of hydrogen-bond acceptors (Lipinski definition) is 3. The van der Waals surface area contributed by atoms with Gasteiger partial charge in [-0.2, -0.15) is 0 Å². The van der Waals surface area contributed by atoms with Crippen LogP contribution in [0.25, 0.3) is 0 Å². The summed E-state index contributed by atoms with van der Waals surface area (Å²) >= 11 is 6.62. The van der Waals surface area contributed by atoms with Gasteiger partial charge in [0.05, 0.1) is 11.8 Å². The van der Waals surface area contributed by atoms with Crippen LogP contribution in [-0.2, 0) is 4.79 Å². The molecule has 0 bridgehead atoms. The molecule has 8 heteroatoms. The fraction of sp³-hybridized carbons (Fsp3) is 0.333. The summed E-state index contributed by atoms with van der Waals surface area (Å²) in [6, 6.07) is 3.75. The number of aliphatic carboxylic acids is 1. The van der Waals surface area contributed by atoms with E-state index >= 15 is 0 Å². The van der Waals surface area contributed by atoms with Gasteiger partial charge in [-0.05, 0) is 44.0 Å². The first-order chi connectivity index (χ1) is 9.40. The third-order valence-electron chi connectivity index (χ3n) is 3.02. The van der Waals surface area contributed by atoms with Crippen molar-refractivity contribution in [3.05, 3.63) is 27.1 Å². The van der Waals surface area contributed by atoms with Gasteiger partial charge in [0.1, 0.15) is 6.04 Å². The Balaban J connectivity index is 2.18. The zero-order valence-corrected chi connectivity index (χ0v) is 13.4. The second-order valence-corrected chi connectivity index (χ2v) is 6.13. The molecule has 0 radical (unpaired) electrons. The molecule has 6 nitrogen and oxygen atoms in total. The van der Waals surface area contributed by atoms with E-state index in [0.717, 1.165) is 4.90 Å². The van der Waals surface area contributed by atoms with Crippen LogP contribution in [0.2, 0.25) is 0 Å². The molecule has 2 atom stereocenters. The van der Waals surface area contributed by atoms with Crippen LogP contribution < -0.4 is 5.32 Å². The maximum atomic E-state index is 12.2. The number of carbonyl (C=O) groups excluding carboxylic acids is 1. The lowest BCUT2D eigenvalue weighted by molar-refractivity contribution is -0.141. The Hall–Kier alpha value is -1.12. The Kier molecular flexibility index (Phi) is 4.66. The number of anilines is 1. The first kappa shape index (κ1) is 15.3. The van der Waals surface area contributed by atoms with E-state index in [-0.39, 0.29) is 13.0 Å². The number of aliphatic hydroxyl groups excluding tert-OH is 1. The highest BCUT2D eigenvalue weighted by atomic mass is 79.9. The van der Waals surface area contributed by atoms with Gasteiger partial charge in [0.2, 0.25) is 0 Å². The average molecular weight is 408 g/mol. The number of rotatable bonds is 2. The van der Waals surface area contributed by atoms with E-state index in [1.165, 1.54) is 0 Å². The van der Waals surface area contributed by atoms with Crippen LogP contribution in [0.15, 0.2) is 27.1 Å². The monoisotopic (exact) mass is 406 g/mol. The molecule has 108 valence electrons. The van der Waals surface area contributed by atoms with Crippen molar-refractivity contribution in [1.29, 1.82) is 0 Å². The number of benzene rings is 1. The van der Waals surface area contributed by atoms with Crippen LogP contribution in [0.5, 0.6) is 0 Å². The number of carbonyl (C=O) groups is 2. The molecule has 1 saturated heterocycles. The average Bonchev–Trinajstić information content (AvgIpc) is 2.76. The molecule has 0 saturated carbocycles. The zero-order valence-electron chi connectivity index (χ0n) is 10.2. The molecule has 2 unspecified atom stereocenters. The van der Waals surface area contributed by atoms with E-state index in [1.807, 2.05) is 0 Å². The summed E-state index contributed by atoms with van der Waals surface area (Å²) in [7, 11) is 0. The number of halogens is 2. The summed E-state index contributed by atoms with van der Waals surface area (Å²) in [5, 5.41) is 21.3. The van der Waals surface area contributed by atoms with Gasteiger partial charge in [-0.25, -0.2) is 9.59 Å². The number of urea groups is 1. The SMILES string of the molecule is O=C(O)C1CC(O)CN1C(=O)Nc1c(Br)cccc1Br. The number of likely N-dealkylation sites (tertiary alicyclic amines) is 1. The van der Waals surface area contributed by atoms with Crippen molar-refractivity contribution in [2.45, 2.75) is 18.6 Å². The lowest BCUT2D eigenvalue weighted by atomic mass is 10.2. The largest absolute Gasteiger partial charge is 0.480 e. The minimum Gasteiger partial charge on any atom is -0.480 e. The second-order valence-electron chi connectivity index (χ2n) is 4.42.